The fourth-order valence-electron chi connectivity index (χ4n) is 2.27. The quantitative estimate of drug-likeness (QED) is 0.700. The molecule has 1 heterocycles. The first-order valence-electron chi connectivity index (χ1n) is 7.39. The summed E-state index contributed by atoms with van der Waals surface area (Å²) < 4.78 is 10.3. The summed E-state index contributed by atoms with van der Waals surface area (Å²) >= 11 is 6.39. The lowest BCUT2D eigenvalue weighted by Gasteiger charge is -2.21. The van der Waals surface area contributed by atoms with Gasteiger partial charge < -0.3 is 14.8 Å². The first-order valence-corrected chi connectivity index (χ1v) is 7.76. The van der Waals surface area contributed by atoms with Crippen molar-refractivity contribution in [1.29, 1.82) is 0 Å². The number of benzene rings is 1. The van der Waals surface area contributed by atoms with E-state index in [2.05, 4.69) is 16.9 Å². The summed E-state index contributed by atoms with van der Waals surface area (Å²) in [6.45, 7) is 3.79. The Labute approximate surface area is 142 Å². The van der Waals surface area contributed by atoms with Crippen molar-refractivity contribution in [1.82, 2.24) is 4.98 Å². The molecule has 122 valence electrons. The fourth-order valence-corrected chi connectivity index (χ4v) is 2.54. The van der Waals surface area contributed by atoms with Crippen molar-refractivity contribution in [2.24, 2.45) is 0 Å². The van der Waals surface area contributed by atoms with E-state index in [0.29, 0.717) is 10.9 Å². The molecular formula is C18H21ClN2O2. The third-order valence-electron chi connectivity index (χ3n) is 3.53. The zero-order valence-corrected chi connectivity index (χ0v) is 14.1. The monoisotopic (exact) mass is 332 g/mol. The van der Waals surface area contributed by atoms with Crippen molar-refractivity contribution in [3.63, 3.8) is 0 Å². The SMILES string of the molecule is C=CCCC(Nc1ccc(OC)cc1)c1cnc(OC)cc1Cl. The molecule has 0 amide bonds. The molecular weight excluding hydrogens is 312 g/mol. The molecule has 2 rings (SSSR count). The van der Waals surface area contributed by atoms with Crippen molar-refractivity contribution in [2.45, 2.75) is 18.9 Å². The topological polar surface area (TPSA) is 43.4 Å². The number of allylic oxidation sites excluding steroid dienone is 1. The van der Waals surface area contributed by atoms with Crippen molar-refractivity contribution >= 4 is 17.3 Å². The second-order valence-corrected chi connectivity index (χ2v) is 5.45. The van der Waals surface area contributed by atoms with Gasteiger partial charge in [0.15, 0.2) is 0 Å². The average molecular weight is 333 g/mol. The van der Waals surface area contributed by atoms with Gasteiger partial charge in [0.05, 0.1) is 25.3 Å². The van der Waals surface area contributed by atoms with Gasteiger partial charge in [-0.25, -0.2) is 4.98 Å². The van der Waals surface area contributed by atoms with Crippen LogP contribution in [0.3, 0.4) is 0 Å². The van der Waals surface area contributed by atoms with Crippen LogP contribution in [0.25, 0.3) is 0 Å². The highest BCUT2D eigenvalue weighted by Crippen LogP contribution is 2.31. The first-order chi connectivity index (χ1) is 11.2. The Hall–Kier alpha value is -2.20. The maximum Gasteiger partial charge on any atom is 0.214 e. The van der Waals surface area contributed by atoms with E-state index in [4.69, 9.17) is 21.1 Å². The zero-order chi connectivity index (χ0) is 16.7. The molecule has 2 aromatic rings. The van der Waals surface area contributed by atoms with Gasteiger partial charge in [-0.2, -0.15) is 0 Å². The van der Waals surface area contributed by atoms with Crippen LogP contribution in [0.4, 0.5) is 5.69 Å². The summed E-state index contributed by atoms with van der Waals surface area (Å²) in [4.78, 5) is 4.26. The molecule has 4 nitrogen and oxygen atoms in total. The van der Waals surface area contributed by atoms with Crippen LogP contribution >= 0.6 is 11.6 Å². The Morgan fingerprint density at radius 1 is 1.26 bits per heavy atom. The number of anilines is 1. The first kappa shape index (κ1) is 17.2. The number of rotatable bonds is 8. The molecule has 0 saturated carbocycles. The van der Waals surface area contributed by atoms with Gasteiger partial charge in [-0.15, -0.1) is 6.58 Å². The van der Waals surface area contributed by atoms with Crippen LogP contribution in [-0.2, 0) is 0 Å². The number of hydrogen-bond acceptors (Lipinski definition) is 4. The van der Waals surface area contributed by atoms with Gasteiger partial charge >= 0.3 is 0 Å². The predicted molar refractivity (Wildman–Crippen MR) is 94.6 cm³/mol. The molecule has 0 saturated heterocycles. The van der Waals surface area contributed by atoms with E-state index in [1.165, 1.54) is 0 Å². The second kappa shape index (κ2) is 8.44. The van der Waals surface area contributed by atoms with Crippen LogP contribution in [0.5, 0.6) is 11.6 Å². The molecule has 1 aromatic heterocycles. The number of nitrogens with zero attached hydrogens (tertiary/aromatic N) is 1. The van der Waals surface area contributed by atoms with Gasteiger partial charge in [-0.1, -0.05) is 17.7 Å². The summed E-state index contributed by atoms with van der Waals surface area (Å²) in [5, 5.41) is 4.12. The van der Waals surface area contributed by atoms with Crippen LogP contribution in [0, 0.1) is 0 Å². The van der Waals surface area contributed by atoms with Crippen molar-refractivity contribution < 1.29 is 9.47 Å². The van der Waals surface area contributed by atoms with Gasteiger partial charge in [0.1, 0.15) is 5.75 Å². The van der Waals surface area contributed by atoms with E-state index in [9.17, 15) is 0 Å². The van der Waals surface area contributed by atoms with E-state index in [-0.39, 0.29) is 6.04 Å². The summed E-state index contributed by atoms with van der Waals surface area (Å²) in [7, 11) is 3.22. The molecule has 0 aliphatic heterocycles. The number of hydrogen-bond donors (Lipinski definition) is 1. The standard InChI is InChI=1S/C18H21ClN2O2/c1-4-5-6-17(15-12-20-18(23-3)11-16(15)19)21-13-7-9-14(22-2)10-8-13/h4,7-12,17,21H,1,5-6H2,2-3H3. The summed E-state index contributed by atoms with van der Waals surface area (Å²) in [5.74, 6) is 1.33. The lowest BCUT2D eigenvalue weighted by molar-refractivity contribution is 0.397. The third-order valence-corrected chi connectivity index (χ3v) is 3.86. The van der Waals surface area contributed by atoms with Crippen LogP contribution in [0.15, 0.2) is 49.2 Å². The highest BCUT2D eigenvalue weighted by atomic mass is 35.5. The molecule has 0 fully saturated rings. The maximum absolute atomic E-state index is 6.39. The predicted octanol–water partition coefficient (Wildman–Crippen LogP) is 4.87. The van der Waals surface area contributed by atoms with Crippen LogP contribution < -0.4 is 14.8 Å². The highest BCUT2D eigenvalue weighted by molar-refractivity contribution is 6.31. The summed E-state index contributed by atoms with van der Waals surface area (Å²) in [6, 6.07) is 9.55. The third kappa shape index (κ3) is 4.63. The van der Waals surface area contributed by atoms with Gasteiger partial charge in [-0.3, -0.25) is 0 Å². The van der Waals surface area contributed by atoms with Crippen LogP contribution in [-0.4, -0.2) is 19.2 Å². The molecule has 0 aliphatic rings. The lowest BCUT2D eigenvalue weighted by atomic mass is 10.0. The largest absolute Gasteiger partial charge is 0.497 e. The second-order valence-electron chi connectivity index (χ2n) is 5.04. The van der Waals surface area contributed by atoms with Crippen molar-refractivity contribution in [3.8, 4) is 11.6 Å². The number of ether oxygens (including phenoxy) is 2. The lowest BCUT2D eigenvalue weighted by Crippen LogP contribution is -2.12. The zero-order valence-electron chi connectivity index (χ0n) is 13.4. The molecule has 1 unspecified atom stereocenters. The molecule has 0 bridgehead atoms. The minimum absolute atomic E-state index is 0.0345. The number of pyridine rings is 1. The van der Waals surface area contributed by atoms with Crippen molar-refractivity contribution in [3.05, 3.63) is 59.8 Å². The van der Waals surface area contributed by atoms with Gasteiger partial charge in [-0.05, 0) is 37.1 Å². The van der Waals surface area contributed by atoms with E-state index < -0.39 is 0 Å². The molecule has 1 atom stereocenters. The van der Waals surface area contributed by atoms with Gasteiger partial charge in [0, 0.05) is 23.5 Å². The minimum atomic E-state index is 0.0345. The number of methoxy groups -OCH3 is 2. The van der Waals surface area contributed by atoms with Crippen LogP contribution in [0.1, 0.15) is 24.4 Å². The normalized spacial score (nSPS) is 11.6. The average Bonchev–Trinajstić information content (AvgIpc) is 2.59. The smallest absolute Gasteiger partial charge is 0.214 e. The molecule has 1 N–H and O–H groups in total. The van der Waals surface area contributed by atoms with Crippen molar-refractivity contribution in [2.75, 3.05) is 19.5 Å². The Morgan fingerprint density at radius 2 is 2.00 bits per heavy atom. The Bertz CT molecular complexity index is 644. The Kier molecular flexibility index (Phi) is 6.29. The minimum Gasteiger partial charge on any atom is -0.497 e. The molecule has 0 spiro atoms. The highest BCUT2D eigenvalue weighted by Gasteiger charge is 2.16. The molecule has 0 radical (unpaired) electrons. The molecule has 1 aromatic carbocycles. The molecule has 23 heavy (non-hydrogen) atoms. The Morgan fingerprint density at radius 3 is 2.57 bits per heavy atom. The van der Waals surface area contributed by atoms with E-state index in [1.807, 2.05) is 30.3 Å². The Balaban J connectivity index is 2.23. The summed E-state index contributed by atoms with van der Waals surface area (Å²) in [5.41, 5.74) is 1.93. The number of nitrogens with one attached hydrogen (secondary N) is 1. The van der Waals surface area contributed by atoms with E-state index >= 15 is 0 Å². The number of aromatic nitrogens is 1. The van der Waals surface area contributed by atoms with Gasteiger partial charge in [0.25, 0.3) is 0 Å². The summed E-state index contributed by atoms with van der Waals surface area (Å²) in [6.07, 6.45) is 5.39. The fraction of sp³-hybridized carbons (Fsp3) is 0.278. The van der Waals surface area contributed by atoms with Crippen LogP contribution in [0.2, 0.25) is 5.02 Å². The van der Waals surface area contributed by atoms with E-state index in [0.717, 1.165) is 29.8 Å². The van der Waals surface area contributed by atoms with Gasteiger partial charge in [0.2, 0.25) is 5.88 Å². The maximum atomic E-state index is 6.39. The van der Waals surface area contributed by atoms with E-state index in [1.54, 1.807) is 26.5 Å². The molecule has 0 aliphatic carbocycles. The number of halogens is 1. The molecule has 5 heteroatoms.